The summed E-state index contributed by atoms with van der Waals surface area (Å²) >= 11 is 0. The highest BCUT2D eigenvalue weighted by molar-refractivity contribution is 6.07. The van der Waals surface area contributed by atoms with E-state index in [4.69, 9.17) is 4.99 Å². The van der Waals surface area contributed by atoms with E-state index in [1.807, 2.05) is 16.8 Å². The van der Waals surface area contributed by atoms with Gasteiger partial charge in [0.25, 0.3) is 0 Å². The van der Waals surface area contributed by atoms with Gasteiger partial charge in [0.1, 0.15) is 6.33 Å². The van der Waals surface area contributed by atoms with Crippen LogP contribution >= 0.6 is 0 Å². The molecule has 3 saturated heterocycles. The van der Waals surface area contributed by atoms with Crippen molar-refractivity contribution in [2.75, 3.05) is 50.7 Å². The van der Waals surface area contributed by atoms with Crippen LogP contribution in [0.15, 0.2) is 59.9 Å². The van der Waals surface area contributed by atoms with Crippen LogP contribution in [0, 0.1) is 11.3 Å². The van der Waals surface area contributed by atoms with Crippen LogP contribution in [0.1, 0.15) is 55.7 Å². The number of piperidine rings is 1. The molecule has 5 aliphatic heterocycles. The quantitative estimate of drug-likeness (QED) is 0.443. The molecule has 1 N–H and O–H groups in total. The van der Waals surface area contributed by atoms with Gasteiger partial charge in [0, 0.05) is 67.7 Å². The Morgan fingerprint density at radius 3 is 2.66 bits per heavy atom. The zero-order valence-corrected chi connectivity index (χ0v) is 27.5. The lowest BCUT2D eigenvalue weighted by Gasteiger charge is -2.29. The summed E-state index contributed by atoms with van der Waals surface area (Å²) in [5.74, 6) is 1.57. The van der Waals surface area contributed by atoms with Crippen molar-refractivity contribution in [2.24, 2.45) is 23.4 Å². The van der Waals surface area contributed by atoms with Crippen LogP contribution in [-0.4, -0.2) is 93.9 Å². The van der Waals surface area contributed by atoms with Gasteiger partial charge in [-0.1, -0.05) is 36.4 Å². The Bertz CT molecular complexity index is 1760. The second kappa shape index (κ2) is 12.1. The van der Waals surface area contributed by atoms with Gasteiger partial charge >= 0.3 is 0 Å². The van der Waals surface area contributed by atoms with E-state index in [2.05, 4.69) is 75.8 Å². The Balaban J connectivity index is 0.872. The summed E-state index contributed by atoms with van der Waals surface area (Å²) in [6.07, 6.45) is 8.58. The van der Waals surface area contributed by atoms with Gasteiger partial charge in [-0.05, 0) is 81.0 Å². The van der Waals surface area contributed by atoms with Crippen molar-refractivity contribution in [1.29, 1.82) is 0 Å². The first-order valence-electron chi connectivity index (χ1n) is 17.2. The zero-order chi connectivity index (χ0) is 32.1. The minimum absolute atomic E-state index is 0.147. The summed E-state index contributed by atoms with van der Waals surface area (Å²) in [6.45, 7) is 7.90. The molecule has 244 valence electrons. The third-order valence-electron chi connectivity index (χ3n) is 11.1. The molecule has 0 bridgehead atoms. The molecule has 2 aromatic carbocycles. The molecule has 3 fully saturated rings. The molecule has 1 spiro atoms. The molecular weight excluding hydrogens is 588 g/mol. The minimum atomic E-state index is -0.396. The minimum Gasteiger partial charge on any atom is -0.338 e. The highest BCUT2D eigenvalue weighted by Crippen LogP contribution is 2.43. The van der Waals surface area contributed by atoms with E-state index < -0.39 is 5.41 Å². The molecule has 3 atom stereocenters. The predicted molar refractivity (Wildman–Crippen MR) is 183 cm³/mol. The second-order valence-corrected chi connectivity index (χ2v) is 14.2. The summed E-state index contributed by atoms with van der Waals surface area (Å²) in [4.78, 5) is 42.9. The number of anilines is 1. The number of aryl methyl sites for hydroxylation is 1. The first kappa shape index (κ1) is 30.2. The summed E-state index contributed by atoms with van der Waals surface area (Å²) in [6, 6.07) is 15.4. The maximum absolute atomic E-state index is 14.0. The molecule has 3 aromatic rings. The maximum Gasteiger partial charge on any atom is 0.237 e. The van der Waals surface area contributed by atoms with Crippen LogP contribution in [0.2, 0.25) is 0 Å². The van der Waals surface area contributed by atoms with Crippen LogP contribution in [0.3, 0.4) is 0 Å². The number of hydrogen-bond acceptors (Lipinski definition) is 7. The number of nitrogens with one attached hydrogen (secondary N) is 1. The van der Waals surface area contributed by atoms with Crippen molar-refractivity contribution in [3.63, 3.8) is 0 Å². The van der Waals surface area contributed by atoms with E-state index in [0.29, 0.717) is 38.1 Å². The molecule has 0 radical (unpaired) electrons. The predicted octanol–water partition coefficient (Wildman–Crippen LogP) is 3.92. The monoisotopic (exact) mass is 632 g/mol. The molecule has 47 heavy (non-hydrogen) atoms. The lowest BCUT2D eigenvalue weighted by Crippen LogP contribution is -2.43. The number of benzene rings is 2. The average molecular weight is 633 g/mol. The van der Waals surface area contributed by atoms with Crippen molar-refractivity contribution in [1.82, 2.24) is 29.9 Å². The molecule has 0 aliphatic carbocycles. The van der Waals surface area contributed by atoms with Gasteiger partial charge < -0.3 is 15.1 Å². The van der Waals surface area contributed by atoms with Crippen molar-refractivity contribution in [2.45, 2.75) is 51.6 Å². The Hall–Kier alpha value is -4.15. The standard InChI is InChI=1S/C37H44N8O2/c1-25-19-29(9-14-38-25)34-32-20-31(8-7-30(32)21-39-34)45-18-13-37(36(45)47)12-17-43(23-37)22-33(46)44-15-10-27(11-16-44)26-3-5-28(6-4-26)35-40-24-42(2)41-35/h3-8,10,20,24-25,29,38H,9,11-19,21-23H2,1-2H3/t25?,29?,37-/m0/s1. The number of fused-ring (bicyclic) bond motifs is 1. The van der Waals surface area contributed by atoms with Gasteiger partial charge in [-0.3, -0.25) is 24.2 Å². The van der Waals surface area contributed by atoms with Gasteiger partial charge in [-0.2, -0.15) is 5.10 Å². The van der Waals surface area contributed by atoms with Gasteiger partial charge in [0.15, 0.2) is 5.82 Å². The Labute approximate surface area is 276 Å². The van der Waals surface area contributed by atoms with Crippen molar-refractivity contribution < 1.29 is 9.59 Å². The average Bonchev–Trinajstić information content (AvgIpc) is 3.88. The molecule has 8 rings (SSSR count). The van der Waals surface area contributed by atoms with Crippen LogP contribution in [0.4, 0.5) is 5.69 Å². The van der Waals surface area contributed by atoms with Crippen LogP contribution in [0.25, 0.3) is 17.0 Å². The number of rotatable bonds is 6. The summed E-state index contributed by atoms with van der Waals surface area (Å²) in [5, 5.41) is 7.94. The van der Waals surface area contributed by atoms with Gasteiger partial charge in [0.2, 0.25) is 11.8 Å². The van der Waals surface area contributed by atoms with Gasteiger partial charge in [-0.15, -0.1) is 0 Å². The fraction of sp³-hybridized carbons (Fsp3) is 0.486. The third kappa shape index (κ3) is 5.71. The van der Waals surface area contributed by atoms with Crippen LogP contribution in [0.5, 0.6) is 0 Å². The topological polar surface area (TPSA) is 99.0 Å². The molecular formula is C37H44N8O2. The molecule has 6 heterocycles. The number of likely N-dealkylation sites (tertiary alicyclic amines) is 1. The molecule has 10 nitrogen and oxygen atoms in total. The first-order chi connectivity index (χ1) is 22.8. The second-order valence-electron chi connectivity index (χ2n) is 14.2. The number of carbonyl (C=O) groups excluding carboxylic acids is 2. The molecule has 5 aliphatic rings. The SMILES string of the molecule is CC1CC(C2=NCc3ccc(N4CC[C@]5(CCN(CC(=O)N6CC=C(c7ccc(-c8ncn(C)n8)cc7)CC6)C5)C4=O)cc32)CCN1. The lowest BCUT2D eigenvalue weighted by atomic mass is 9.85. The molecule has 2 amide bonds. The van der Waals surface area contributed by atoms with Gasteiger partial charge in [-0.25, -0.2) is 4.98 Å². The number of aliphatic imine (C=N–C) groups is 1. The fourth-order valence-electron chi connectivity index (χ4n) is 8.39. The zero-order valence-electron chi connectivity index (χ0n) is 27.5. The van der Waals surface area contributed by atoms with Crippen molar-refractivity contribution in [3.8, 4) is 11.4 Å². The van der Waals surface area contributed by atoms with Crippen LogP contribution in [-0.2, 0) is 23.2 Å². The van der Waals surface area contributed by atoms with Gasteiger partial charge in [0.05, 0.1) is 18.5 Å². The van der Waals surface area contributed by atoms with Crippen molar-refractivity contribution in [3.05, 3.63) is 71.6 Å². The molecule has 2 unspecified atom stereocenters. The van der Waals surface area contributed by atoms with E-state index >= 15 is 0 Å². The largest absolute Gasteiger partial charge is 0.338 e. The van der Waals surface area contributed by atoms with E-state index in [0.717, 1.165) is 75.4 Å². The highest BCUT2D eigenvalue weighted by atomic mass is 16.2. The smallest absolute Gasteiger partial charge is 0.237 e. The Morgan fingerprint density at radius 2 is 1.89 bits per heavy atom. The number of amides is 2. The van der Waals surface area contributed by atoms with E-state index in [1.54, 1.807) is 11.0 Å². The number of nitrogens with zero attached hydrogens (tertiary/aromatic N) is 7. The number of hydrogen-bond donors (Lipinski definition) is 1. The number of aromatic nitrogens is 3. The molecule has 1 aromatic heterocycles. The maximum atomic E-state index is 14.0. The Morgan fingerprint density at radius 1 is 1.06 bits per heavy atom. The Kier molecular flexibility index (Phi) is 7.80. The molecule has 0 saturated carbocycles. The van der Waals surface area contributed by atoms with E-state index in [-0.39, 0.29) is 11.8 Å². The van der Waals surface area contributed by atoms with E-state index in [9.17, 15) is 9.59 Å². The first-order valence-corrected chi connectivity index (χ1v) is 17.2. The molecule has 10 heteroatoms. The van der Waals surface area contributed by atoms with Crippen molar-refractivity contribution >= 4 is 28.8 Å². The lowest BCUT2D eigenvalue weighted by molar-refractivity contribution is -0.132. The summed E-state index contributed by atoms with van der Waals surface area (Å²) in [5.41, 5.74) is 7.79. The highest BCUT2D eigenvalue weighted by Gasteiger charge is 2.51. The number of carbonyl (C=O) groups is 2. The summed E-state index contributed by atoms with van der Waals surface area (Å²) in [7, 11) is 1.87. The van der Waals surface area contributed by atoms with Crippen LogP contribution < -0.4 is 10.2 Å². The van der Waals surface area contributed by atoms with E-state index in [1.165, 1.54) is 28.0 Å². The normalized spacial score (nSPS) is 26.2. The fourth-order valence-corrected chi connectivity index (χ4v) is 8.39. The third-order valence-corrected chi connectivity index (χ3v) is 11.1. The summed E-state index contributed by atoms with van der Waals surface area (Å²) < 4.78 is 1.71.